The third-order valence-corrected chi connectivity index (χ3v) is 4.49. The summed E-state index contributed by atoms with van der Waals surface area (Å²) in [4.78, 5) is 29.3. The predicted molar refractivity (Wildman–Crippen MR) is 108 cm³/mol. The Morgan fingerprint density at radius 1 is 0.931 bits per heavy atom. The fraction of sp³-hybridized carbons (Fsp3) is 0.227. The molecule has 2 aromatic carbocycles. The van der Waals surface area contributed by atoms with Gasteiger partial charge in [-0.3, -0.25) is 4.98 Å². The minimum atomic E-state index is -0.645. The molecule has 0 aliphatic heterocycles. The first-order chi connectivity index (χ1) is 14.0. The number of esters is 2. The van der Waals surface area contributed by atoms with Crippen molar-refractivity contribution in [2.75, 3.05) is 27.9 Å². The molecule has 29 heavy (non-hydrogen) atoms. The lowest BCUT2D eigenvalue weighted by Gasteiger charge is -2.18. The quantitative estimate of drug-likeness (QED) is 0.586. The Morgan fingerprint density at radius 3 is 2.21 bits per heavy atom. The molecule has 0 saturated carbocycles. The first kappa shape index (κ1) is 20.1. The minimum Gasteiger partial charge on any atom is -0.493 e. The van der Waals surface area contributed by atoms with Crippen molar-refractivity contribution in [2.45, 2.75) is 6.92 Å². The Kier molecular flexibility index (Phi) is 5.97. The number of fused-ring (bicyclic) bond motifs is 1. The lowest BCUT2D eigenvalue weighted by molar-refractivity contribution is 0.0556. The highest BCUT2D eigenvalue weighted by atomic mass is 16.5. The Labute approximate surface area is 168 Å². The van der Waals surface area contributed by atoms with Gasteiger partial charge >= 0.3 is 11.9 Å². The molecule has 0 N–H and O–H groups in total. The van der Waals surface area contributed by atoms with E-state index in [0.717, 1.165) is 0 Å². The van der Waals surface area contributed by atoms with Crippen molar-refractivity contribution in [1.29, 1.82) is 0 Å². The van der Waals surface area contributed by atoms with Crippen molar-refractivity contribution < 1.29 is 28.5 Å². The SMILES string of the molecule is CCOc1cc2c(-c3ccncc3)c(C(=O)OC)c(C(=O)OC)cc2cc1OC. The summed E-state index contributed by atoms with van der Waals surface area (Å²) in [6.07, 6.45) is 3.22. The lowest BCUT2D eigenvalue weighted by Crippen LogP contribution is -2.14. The van der Waals surface area contributed by atoms with Crippen LogP contribution in [-0.2, 0) is 9.47 Å². The summed E-state index contributed by atoms with van der Waals surface area (Å²) < 4.78 is 21.0. The van der Waals surface area contributed by atoms with Crippen molar-refractivity contribution in [1.82, 2.24) is 4.98 Å². The molecule has 0 bridgehead atoms. The minimum absolute atomic E-state index is 0.102. The summed E-state index contributed by atoms with van der Waals surface area (Å²) in [5, 5.41) is 1.39. The number of benzene rings is 2. The van der Waals surface area contributed by atoms with Crippen LogP contribution in [0.25, 0.3) is 21.9 Å². The monoisotopic (exact) mass is 395 g/mol. The number of carbonyl (C=O) groups excluding carboxylic acids is 2. The molecular weight excluding hydrogens is 374 g/mol. The number of carbonyl (C=O) groups is 2. The highest BCUT2D eigenvalue weighted by molar-refractivity contribution is 6.15. The van der Waals surface area contributed by atoms with Crippen molar-refractivity contribution in [2.24, 2.45) is 0 Å². The van der Waals surface area contributed by atoms with Gasteiger partial charge in [-0.25, -0.2) is 9.59 Å². The molecule has 150 valence electrons. The molecule has 0 fully saturated rings. The Hall–Kier alpha value is -3.61. The summed E-state index contributed by atoms with van der Waals surface area (Å²) in [6, 6.07) is 8.66. The van der Waals surface area contributed by atoms with Crippen LogP contribution in [0.4, 0.5) is 0 Å². The van der Waals surface area contributed by atoms with E-state index in [2.05, 4.69) is 4.98 Å². The van der Waals surface area contributed by atoms with E-state index in [1.54, 1.807) is 42.7 Å². The first-order valence-corrected chi connectivity index (χ1v) is 8.94. The lowest BCUT2D eigenvalue weighted by atomic mass is 9.89. The smallest absolute Gasteiger partial charge is 0.339 e. The van der Waals surface area contributed by atoms with Gasteiger partial charge in [0.05, 0.1) is 39.1 Å². The zero-order valence-corrected chi connectivity index (χ0v) is 16.6. The first-order valence-electron chi connectivity index (χ1n) is 8.94. The normalized spacial score (nSPS) is 10.5. The maximum Gasteiger partial charge on any atom is 0.339 e. The third-order valence-electron chi connectivity index (χ3n) is 4.49. The molecule has 3 rings (SSSR count). The van der Waals surface area contributed by atoms with Crippen LogP contribution in [0, 0.1) is 0 Å². The molecule has 0 saturated heterocycles. The van der Waals surface area contributed by atoms with Crippen LogP contribution >= 0.6 is 0 Å². The van der Waals surface area contributed by atoms with E-state index in [9.17, 15) is 9.59 Å². The molecule has 0 aliphatic carbocycles. The average molecular weight is 395 g/mol. The van der Waals surface area contributed by atoms with Gasteiger partial charge in [0, 0.05) is 18.0 Å². The highest BCUT2D eigenvalue weighted by Crippen LogP contribution is 2.40. The second-order valence-corrected chi connectivity index (χ2v) is 6.05. The van der Waals surface area contributed by atoms with E-state index in [0.29, 0.717) is 40.0 Å². The molecule has 3 aromatic rings. The fourth-order valence-electron chi connectivity index (χ4n) is 3.24. The average Bonchev–Trinajstić information content (AvgIpc) is 2.77. The van der Waals surface area contributed by atoms with E-state index in [-0.39, 0.29) is 11.1 Å². The molecule has 0 spiro atoms. The molecule has 1 heterocycles. The van der Waals surface area contributed by atoms with Gasteiger partial charge in [0.2, 0.25) is 0 Å². The fourth-order valence-corrected chi connectivity index (χ4v) is 3.24. The van der Waals surface area contributed by atoms with E-state index in [4.69, 9.17) is 18.9 Å². The summed E-state index contributed by atoms with van der Waals surface area (Å²) in [5.74, 6) is -0.246. The second-order valence-electron chi connectivity index (χ2n) is 6.05. The summed E-state index contributed by atoms with van der Waals surface area (Å²) in [5.41, 5.74) is 1.44. The molecular formula is C22H21NO6. The van der Waals surface area contributed by atoms with E-state index >= 15 is 0 Å². The largest absolute Gasteiger partial charge is 0.493 e. The van der Waals surface area contributed by atoms with Gasteiger partial charge in [0.25, 0.3) is 0 Å². The molecule has 0 radical (unpaired) electrons. The number of nitrogens with zero attached hydrogens (tertiary/aromatic N) is 1. The van der Waals surface area contributed by atoms with E-state index < -0.39 is 11.9 Å². The summed E-state index contributed by atoms with van der Waals surface area (Å²) in [6.45, 7) is 2.31. The van der Waals surface area contributed by atoms with Crippen LogP contribution in [0.5, 0.6) is 11.5 Å². The van der Waals surface area contributed by atoms with Crippen molar-refractivity contribution >= 4 is 22.7 Å². The molecule has 0 unspecified atom stereocenters. The number of ether oxygens (including phenoxy) is 4. The standard InChI is InChI=1S/C22H21NO6/c1-5-29-18-12-15-14(11-17(18)26-2)10-16(21(24)27-3)20(22(25)28-4)19(15)13-6-8-23-9-7-13/h6-12H,5H2,1-4H3. The van der Waals surface area contributed by atoms with E-state index in [1.807, 2.05) is 6.92 Å². The van der Waals surface area contributed by atoms with Gasteiger partial charge in [0.1, 0.15) is 0 Å². The maximum atomic E-state index is 12.7. The molecule has 0 amide bonds. The van der Waals surface area contributed by atoms with Crippen molar-refractivity contribution in [3.63, 3.8) is 0 Å². The number of hydrogen-bond acceptors (Lipinski definition) is 7. The third kappa shape index (κ3) is 3.71. The van der Waals surface area contributed by atoms with Gasteiger partial charge in [0.15, 0.2) is 11.5 Å². The Balaban J connectivity index is 2.51. The zero-order valence-electron chi connectivity index (χ0n) is 16.6. The zero-order chi connectivity index (χ0) is 21.0. The second kappa shape index (κ2) is 8.60. The highest BCUT2D eigenvalue weighted by Gasteiger charge is 2.26. The van der Waals surface area contributed by atoms with Crippen molar-refractivity contribution in [3.05, 3.63) is 53.9 Å². The van der Waals surface area contributed by atoms with Crippen LogP contribution in [-0.4, -0.2) is 44.9 Å². The van der Waals surface area contributed by atoms with Crippen molar-refractivity contribution in [3.8, 4) is 22.6 Å². The number of aromatic nitrogens is 1. The number of rotatable bonds is 6. The molecule has 0 atom stereocenters. The summed E-state index contributed by atoms with van der Waals surface area (Å²) >= 11 is 0. The van der Waals surface area contributed by atoms with Gasteiger partial charge < -0.3 is 18.9 Å². The maximum absolute atomic E-state index is 12.7. The Morgan fingerprint density at radius 2 is 1.62 bits per heavy atom. The van der Waals surface area contributed by atoms with Gasteiger partial charge in [-0.15, -0.1) is 0 Å². The molecule has 7 nitrogen and oxygen atoms in total. The van der Waals surface area contributed by atoms with E-state index in [1.165, 1.54) is 21.3 Å². The molecule has 1 aromatic heterocycles. The Bertz CT molecular complexity index is 1060. The number of hydrogen-bond donors (Lipinski definition) is 0. The van der Waals surface area contributed by atoms with Crippen LogP contribution in [0.1, 0.15) is 27.6 Å². The van der Waals surface area contributed by atoms with Gasteiger partial charge in [-0.1, -0.05) is 0 Å². The predicted octanol–water partition coefficient (Wildman–Crippen LogP) is 3.88. The summed E-state index contributed by atoms with van der Waals surface area (Å²) in [7, 11) is 4.07. The molecule has 0 aliphatic rings. The van der Waals surface area contributed by atoms with Crippen LogP contribution in [0.2, 0.25) is 0 Å². The van der Waals surface area contributed by atoms with Crippen LogP contribution < -0.4 is 9.47 Å². The van der Waals surface area contributed by atoms with Crippen LogP contribution in [0.15, 0.2) is 42.7 Å². The van der Waals surface area contributed by atoms with Gasteiger partial charge in [-0.05, 0) is 53.6 Å². The van der Waals surface area contributed by atoms with Crippen LogP contribution in [0.3, 0.4) is 0 Å². The topological polar surface area (TPSA) is 84.0 Å². The number of methoxy groups -OCH3 is 3. The number of pyridine rings is 1. The van der Waals surface area contributed by atoms with Gasteiger partial charge in [-0.2, -0.15) is 0 Å². The molecule has 7 heteroatoms.